The van der Waals surface area contributed by atoms with Crippen LogP contribution in [0, 0.1) is 0 Å². The normalized spacial score (nSPS) is 11.8. The van der Waals surface area contributed by atoms with E-state index in [9.17, 15) is 0 Å². The summed E-state index contributed by atoms with van der Waals surface area (Å²) in [5.74, 6) is 0. The smallest absolute Gasteiger partial charge is 0.0902 e. The van der Waals surface area contributed by atoms with E-state index >= 15 is 0 Å². The molecule has 1 aromatic heterocycles. The Bertz CT molecular complexity index is 455. The molecule has 0 saturated carbocycles. The molecule has 1 aliphatic heterocycles. The molecule has 80 valence electrons. The van der Waals surface area contributed by atoms with Gasteiger partial charge in [0.25, 0.3) is 0 Å². The zero-order valence-electron chi connectivity index (χ0n) is 8.71. The number of allylic oxidation sites excluding steroid dienone is 1. The summed E-state index contributed by atoms with van der Waals surface area (Å²) in [5, 5.41) is 3.95. The van der Waals surface area contributed by atoms with Crippen molar-refractivity contribution in [3.63, 3.8) is 0 Å². The lowest BCUT2D eigenvalue weighted by Crippen LogP contribution is -1.87. The second kappa shape index (κ2) is 5.56. The highest BCUT2D eigenvalue weighted by Gasteiger charge is 1.96. The van der Waals surface area contributed by atoms with Crippen molar-refractivity contribution in [1.82, 2.24) is 0 Å². The van der Waals surface area contributed by atoms with Crippen LogP contribution < -0.4 is 5.43 Å². The average molecular weight is 212 g/mol. The monoisotopic (exact) mass is 212 g/mol. The molecule has 0 aliphatic carbocycles. The fraction of sp³-hybridized carbons (Fsp3) is 0. The minimum Gasteiger partial charge on any atom is -0.473 e. The maximum Gasteiger partial charge on any atom is 0.0902 e. The van der Waals surface area contributed by atoms with E-state index in [1.54, 1.807) is 18.7 Å². The minimum absolute atomic E-state index is 1.05. The Kier molecular flexibility index (Phi) is 3.55. The first-order valence-corrected chi connectivity index (χ1v) is 4.99. The van der Waals surface area contributed by atoms with Crippen LogP contribution in [0.4, 0.5) is 5.69 Å². The highest BCUT2D eigenvalue weighted by Crippen LogP contribution is 2.17. The maximum absolute atomic E-state index is 4.58. The van der Waals surface area contributed by atoms with Crippen LogP contribution >= 0.6 is 0 Å². The number of para-hydroxylation sites is 1. The molecule has 0 spiro atoms. The van der Waals surface area contributed by atoms with Gasteiger partial charge in [-0.15, -0.1) is 0 Å². The lowest BCUT2D eigenvalue weighted by atomic mass is 10.2. The van der Waals surface area contributed by atoms with Crippen LogP contribution in [0.15, 0.2) is 64.5 Å². The van der Waals surface area contributed by atoms with Crippen LogP contribution in [0.1, 0.15) is 5.56 Å². The predicted octanol–water partition coefficient (Wildman–Crippen LogP) is 3.39. The summed E-state index contributed by atoms with van der Waals surface area (Å²) in [6, 6.07) is 11.7. The Labute approximate surface area is 94.1 Å². The highest BCUT2D eigenvalue weighted by atomic mass is 16.3. The molecule has 0 bridgehead atoms. The summed E-state index contributed by atoms with van der Waals surface area (Å²) in [4.78, 5) is 0. The molecule has 1 aromatic carbocycles. The molecule has 0 saturated heterocycles. The van der Waals surface area contributed by atoms with Gasteiger partial charge >= 0.3 is 0 Å². The van der Waals surface area contributed by atoms with E-state index in [-0.39, 0.29) is 0 Å². The number of fused-ring (bicyclic) bond motifs is 1. The molecule has 0 atom stereocenters. The van der Waals surface area contributed by atoms with Crippen molar-refractivity contribution in [3.8, 4) is 0 Å². The van der Waals surface area contributed by atoms with Gasteiger partial charge in [0, 0.05) is 6.21 Å². The lowest BCUT2D eigenvalue weighted by Gasteiger charge is -2.00. The van der Waals surface area contributed by atoms with Crippen molar-refractivity contribution in [3.05, 3.63) is 60.6 Å². The van der Waals surface area contributed by atoms with Gasteiger partial charge in [-0.05, 0) is 29.8 Å². The molecule has 1 N–H and O–H groups in total. The highest BCUT2D eigenvalue weighted by molar-refractivity contribution is 5.83. The van der Waals surface area contributed by atoms with Gasteiger partial charge in [-0.3, -0.25) is 5.43 Å². The molecule has 3 nitrogen and oxygen atoms in total. The number of hydrogen-bond acceptors (Lipinski definition) is 3. The summed E-state index contributed by atoms with van der Waals surface area (Å²) in [7, 11) is 0. The van der Waals surface area contributed by atoms with Gasteiger partial charge in [-0.25, -0.2) is 0 Å². The van der Waals surface area contributed by atoms with E-state index in [0.29, 0.717) is 0 Å². The van der Waals surface area contributed by atoms with E-state index in [0.717, 1.165) is 5.69 Å². The Morgan fingerprint density at radius 1 is 1.00 bits per heavy atom. The number of nitrogens with one attached hydrogen (secondary N) is 1. The third kappa shape index (κ3) is 2.85. The third-order valence-corrected chi connectivity index (χ3v) is 2.01. The number of rotatable bonds is 0. The molecule has 0 unspecified atom stereocenters. The first-order chi connectivity index (χ1) is 7.97. The Hall–Kier alpha value is -2.29. The average Bonchev–Trinajstić information content (AvgIpc) is 2.81. The number of hydrogen-bond donors (Lipinski definition) is 1. The van der Waals surface area contributed by atoms with Crippen molar-refractivity contribution in [2.75, 3.05) is 5.43 Å². The second-order valence-corrected chi connectivity index (χ2v) is 3.13. The van der Waals surface area contributed by atoms with Crippen molar-refractivity contribution in [2.24, 2.45) is 5.10 Å². The summed E-state index contributed by atoms with van der Waals surface area (Å²) in [6.07, 6.45) is 8.93. The van der Waals surface area contributed by atoms with Gasteiger partial charge in [0.15, 0.2) is 0 Å². The van der Waals surface area contributed by atoms with Gasteiger partial charge in [0.2, 0.25) is 0 Å². The molecule has 0 fully saturated rings. The van der Waals surface area contributed by atoms with E-state index in [1.165, 1.54) is 5.56 Å². The summed E-state index contributed by atoms with van der Waals surface area (Å²) in [6.45, 7) is 0. The zero-order chi connectivity index (χ0) is 11.1. The molecule has 0 amide bonds. The molecule has 3 rings (SSSR count). The lowest BCUT2D eigenvalue weighted by molar-refractivity contribution is 0.567. The van der Waals surface area contributed by atoms with Crippen LogP contribution in [0.2, 0.25) is 0 Å². The van der Waals surface area contributed by atoms with Crippen LogP contribution in [-0.4, -0.2) is 6.21 Å². The van der Waals surface area contributed by atoms with Gasteiger partial charge in [0.1, 0.15) is 0 Å². The molecular weight excluding hydrogens is 200 g/mol. The fourth-order valence-corrected chi connectivity index (χ4v) is 1.27. The summed E-state index contributed by atoms with van der Waals surface area (Å²) < 4.78 is 4.58. The van der Waals surface area contributed by atoms with Gasteiger partial charge in [-0.2, -0.15) is 5.10 Å². The van der Waals surface area contributed by atoms with Crippen LogP contribution in [0.3, 0.4) is 0 Å². The van der Waals surface area contributed by atoms with Crippen LogP contribution in [0.25, 0.3) is 6.08 Å². The SMILES string of the molecule is C1=Cc2ccccc2NN=C1.c1ccoc1. The Morgan fingerprint density at radius 2 is 1.81 bits per heavy atom. The number of nitrogens with zero attached hydrogens (tertiary/aromatic N) is 1. The molecule has 3 heteroatoms. The fourth-order valence-electron chi connectivity index (χ4n) is 1.27. The first-order valence-electron chi connectivity index (χ1n) is 4.99. The van der Waals surface area contributed by atoms with Gasteiger partial charge < -0.3 is 4.42 Å². The van der Waals surface area contributed by atoms with Crippen molar-refractivity contribution < 1.29 is 4.42 Å². The van der Waals surface area contributed by atoms with E-state index in [2.05, 4.69) is 14.9 Å². The van der Waals surface area contributed by atoms with E-state index in [1.807, 2.05) is 48.6 Å². The molecule has 0 radical (unpaired) electrons. The van der Waals surface area contributed by atoms with Gasteiger partial charge in [0.05, 0.1) is 18.2 Å². The second-order valence-electron chi connectivity index (χ2n) is 3.13. The molecule has 16 heavy (non-hydrogen) atoms. The Morgan fingerprint density at radius 3 is 2.56 bits per heavy atom. The number of hydrazone groups is 1. The third-order valence-electron chi connectivity index (χ3n) is 2.01. The Balaban J connectivity index is 0.000000162. The van der Waals surface area contributed by atoms with E-state index in [4.69, 9.17) is 0 Å². The number of furan rings is 1. The zero-order valence-corrected chi connectivity index (χ0v) is 8.71. The van der Waals surface area contributed by atoms with Crippen molar-refractivity contribution in [2.45, 2.75) is 0 Å². The molecule has 1 aliphatic rings. The first kappa shape index (κ1) is 10.2. The molecular formula is C13H12N2O. The standard InChI is InChI=1S/C9H8N2.C4H4O/c1-2-6-9-8(4-1)5-3-7-10-11-9;1-2-4-5-3-1/h1-7,11H;1-4H. The van der Waals surface area contributed by atoms with Crippen LogP contribution in [-0.2, 0) is 0 Å². The summed E-state index contributed by atoms with van der Waals surface area (Å²) >= 11 is 0. The summed E-state index contributed by atoms with van der Waals surface area (Å²) in [5.41, 5.74) is 5.16. The van der Waals surface area contributed by atoms with Crippen molar-refractivity contribution in [1.29, 1.82) is 0 Å². The number of anilines is 1. The van der Waals surface area contributed by atoms with Crippen LogP contribution in [0.5, 0.6) is 0 Å². The largest absolute Gasteiger partial charge is 0.473 e. The van der Waals surface area contributed by atoms with E-state index < -0.39 is 0 Å². The molecule has 2 aromatic rings. The minimum atomic E-state index is 1.05. The predicted molar refractivity (Wildman–Crippen MR) is 66.3 cm³/mol. The quantitative estimate of drug-likeness (QED) is 0.726. The van der Waals surface area contributed by atoms with Gasteiger partial charge in [-0.1, -0.05) is 24.3 Å². The molecule has 2 heterocycles. The number of benzene rings is 1. The topological polar surface area (TPSA) is 37.5 Å². The van der Waals surface area contributed by atoms with Crippen molar-refractivity contribution >= 4 is 18.0 Å². The maximum atomic E-state index is 4.58.